The summed E-state index contributed by atoms with van der Waals surface area (Å²) in [6.45, 7) is 3.84. The van der Waals surface area contributed by atoms with Crippen LogP contribution in [0.2, 0.25) is 0 Å². The Labute approximate surface area is 105 Å². The van der Waals surface area contributed by atoms with Crippen molar-refractivity contribution in [1.82, 2.24) is 0 Å². The maximum Gasteiger partial charge on any atom is 0.127 e. The fourth-order valence-electron chi connectivity index (χ4n) is 2.25. The summed E-state index contributed by atoms with van der Waals surface area (Å²) in [5.41, 5.74) is 9.44. The van der Waals surface area contributed by atoms with Gasteiger partial charge in [-0.05, 0) is 60.4 Å². The van der Waals surface area contributed by atoms with Gasteiger partial charge in [0.2, 0.25) is 0 Å². The number of hydrogen-bond acceptors (Lipinski definition) is 1. The quantitative estimate of drug-likeness (QED) is 0.860. The van der Waals surface area contributed by atoms with Gasteiger partial charge in [0, 0.05) is 12.1 Å². The van der Waals surface area contributed by atoms with Crippen LogP contribution in [-0.2, 0) is 6.54 Å². The maximum absolute atomic E-state index is 13.4. The molecule has 0 bridgehead atoms. The molecule has 0 aliphatic rings. The van der Waals surface area contributed by atoms with E-state index in [-0.39, 0.29) is 18.2 Å². The SMILES string of the molecule is Cc1cc(F)cc(C)c1-c1ccc(F)c(CN)c1. The molecular formula is C15H15F2N. The topological polar surface area (TPSA) is 26.0 Å². The summed E-state index contributed by atoms with van der Waals surface area (Å²) in [6, 6.07) is 7.78. The molecule has 0 saturated heterocycles. The average Bonchev–Trinajstić information content (AvgIpc) is 2.30. The molecular weight excluding hydrogens is 232 g/mol. The van der Waals surface area contributed by atoms with Crippen molar-refractivity contribution in [1.29, 1.82) is 0 Å². The van der Waals surface area contributed by atoms with Crippen molar-refractivity contribution in [2.45, 2.75) is 20.4 Å². The van der Waals surface area contributed by atoms with Crippen LogP contribution in [0.3, 0.4) is 0 Å². The molecule has 3 heteroatoms. The number of benzene rings is 2. The minimum atomic E-state index is -0.307. The smallest absolute Gasteiger partial charge is 0.127 e. The van der Waals surface area contributed by atoms with Crippen molar-refractivity contribution in [3.8, 4) is 11.1 Å². The fourth-order valence-corrected chi connectivity index (χ4v) is 2.25. The lowest BCUT2D eigenvalue weighted by Gasteiger charge is -2.12. The Hall–Kier alpha value is -1.74. The van der Waals surface area contributed by atoms with Crippen molar-refractivity contribution in [3.05, 3.63) is 58.7 Å². The number of nitrogens with two attached hydrogens (primary N) is 1. The zero-order chi connectivity index (χ0) is 13.3. The predicted octanol–water partition coefficient (Wildman–Crippen LogP) is 3.71. The largest absolute Gasteiger partial charge is 0.326 e. The number of rotatable bonds is 2. The molecule has 18 heavy (non-hydrogen) atoms. The molecule has 0 saturated carbocycles. The van der Waals surface area contributed by atoms with Gasteiger partial charge in [0.15, 0.2) is 0 Å². The van der Waals surface area contributed by atoms with Gasteiger partial charge in [0.25, 0.3) is 0 Å². The zero-order valence-corrected chi connectivity index (χ0v) is 10.4. The van der Waals surface area contributed by atoms with E-state index in [0.717, 1.165) is 22.3 Å². The van der Waals surface area contributed by atoms with Crippen molar-refractivity contribution in [2.75, 3.05) is 0 Å². The van der Waals surface area contributed by atoms with E-state index < -0.39 is 0 Å². The molecule has 2 aromatic rings. The Morgan fingerprint density at radius 1 is 1.00 bits per heavy atom. The van der Waals surface area contributed by atoms with Gasteiger partial charge in [-0.1, -0.05) is 6.07 Å². The van der Waals surface area contributed by atoms with Crippen LogP contribution in [0, 0.1) is 25.5 Å². The molecule has 1 nitrogen and oxygen atoms in total. The first-order valence-electron chi connectivity index (χ1n) is 5.78. The molecule has 2 N–H and O–H groups in total. The van der Waals surface area contributed by atoms with Crippen LogP contribution >= 0.6 is 0 Å². The van der Waals surface area contributed by atoms with E-state index in [0.29, 0.717) is 5.56 Å². The van der Waals surface area contributed by atoms with Gasteiger partial charge in [-0.15, -0.1) is 0 Å². The summed E-state index contributed by atoms with van der Waals surface area (Å²) in [4.78, 5) is 0. The summed E-state index contributed by atoms with van der Waals surface area (Å²) >= 11 is 0. The van der Waals surface area contributed by atoms with Gasteiger partial charge in [-0.3, -0.25) is 0 Å². The molecule has 0 radical (unpaired) electrons. The van der Waals surface area contributed by atoms with E-state index in [1.165, 1.54) is 18.2 Å². The molecule has 0 aliphatic heterocycles. The second kappa shape index (κ2) is 4.86. The first-order valence-corrected chi connectivity index (χ1v) is 5.78. The molecule has 0 atom stereocenters. The second-order valence-corrected chi connectivity index (χ2v) is 4.42. The van der Waals surface area contributed by atoms with E-state index in [2.05, 4.69) is 0 Å². The number of hydrogen-bond donors (Lipinski definition) is 1. The lowest BCUT2D eigenvalue weighted by atomic mass is 9.94. The third-order valence-electron chi connectivity index (χ3n) is 3.05. The summed E-state index contributed by atoms with van der Waals surface area (Å²) < 4.78 is 26.7. The Morgan fingerprint density at radius 3 is 2.17 bits per heavy atom. The van der Waals surface area contributed by atoms with Crippen LogP contribution in [0.4, 0.5) is 8.78 Å². The molecule has 0 heterocycles. The number of aryl methyl sites for hydroxylation is 2. The normalized spacial score (nSPS) is 10.7. The summed E-state index contributed by atoms with van der Waals surface area (Å²) in [5, 5.41) is 0. The lowest BCUT2D eigenvalue weighted by molar-refractivity contribution is 0.611. The molecule has 0 spiro atoms. The standard InChI is InChI=1S/C15H15F2N/c1-9-5-13(16)6-10(2)15(9)11-3-4-14(17)12(7-11)8-18/h3-7H,8,18H2,1-2H3. The van der Waals surface area contributed by atoms with Gasteiger partial charge in [-0.25, -0.2) is 8.78 Å². The second-order valence-electron chi connectivity index (χ2n) is 4.42. The van der Waals surface area contributed by atoms with Gasteiger partial charge < -0.3 is 5.73 Å². The first kappa shape index (κ1) is 12.7. The van der Waals surface area contributed by atoms with Crippen molar-refractivity contribution in [2.24, 2.45) is 5.73 Å². The van der Waals surface area contributed by atoms with Gasteiger partial charge >= 0.3 is 0 Å². The molecule has 94 valence electrons. The Kier molecular flexibility index (Phi) is 3.43. The number of halogens is 2. The fraction of sp³-hybridized carbons (Fsp3) is 0.200. The highest BCUT2D eigenvalue weighted by Crippen LogP contribution is 2.29. The lowest BCUT2D eigenvalue weighted by Crippen LogP contribution is -2.00. The Bertz CT molecular complexity index is 568. The zero-order valence-electron chi connectivity index (χ0n) is 10.4. The van der Waals surface area contributed by atoms with Crippen LogP contribution in [0.5, 0.6) is 0 Å². The van der Waals surface area contributed by atoms with Crippen molar-refractivity contribution >= 4 is 0 Å². The van der Waals surface area contributed by atoms with Crippen molar-refractivity contribution < 1.29 is 8.78 Å². The van der Waals surface area contributed by atoms with Gasteiger partial charge in [0.05, 0.1) is 0 Å². The third kappa shape index (κ3) is 2.27. The minimum absolute atomic E-state index is 0.152. The van der Waals surface area contributed by atoms with E-state index in [1.807, 2.05) is 13.8 Å². The van der Waals surface area contributed by atoms with Gasteiger partial charge in [0.1, 0.15) is 11.6 Å². The minimum Gasteiger partial charge on any atom is -0.326 e. The predicted molar refractivity (Wildman–Crippen MR) is 69.2 cm³/mol. The van der Waals surface area contributed by atoms with E-state index >= 15 is 0 Å². The Morgan fingerprint density at radius 2 is 1.61 bits per heavy atom. The maximum atomic E-state index is 13.4. The van der Waals surface area contributed by atoms with Crippen molar-refractivity contribution in [3.63, 3.8) is 0 Å². The summed E-state index contributed by atoms with van der Waals surface area (Å²) in [5.74, 6) is -0.562. The highest BCUT2D eigenvalue weighted by Gasteiger charge is 2.10. The molecule has 0 unspecified atom stereocenters. The third-order valence-corrected chi connectivity index (χ3v) is 3.05. The van der Waals surface area contributed by atoms with Crippen LogP contribution in [-0.4, -0.2) is 0 Å². The average molecular weight is 247 g/mol. The van der Waals surface area contributed by atoms with Gasteiger partial charge in [-0.2, -0.15) is 0 Å². The van der Waals surface area contributed by atoms with Crippen LogP contribution in [0.25, 0.3) is 11.1 Å². The molecule has 0 aromatic heterocycles. The van der Waals surface area contributed by atoms with E-state index in [9.17, 15) is 8.78 Å². The van der Waals surface area contributed by atoms with Crippen LogP contribution in [0.15, 0.2) is 30.3 Å². The van der Waals surface area contributed by atoms with Crippen LogP contribution < -0.4 is 5.73 Å². The highest BCUT2D eigenvalue weighted by molar-refractivity contribution is 5.71. The monoisotopic (exact) mass is 247 g/mol. The van der Waals surface area contributed by atoms with E-state index in [1.54, 1.807) is 12.1 Å². The Balaban J connectivity index is 2.62. The first-order chi connectivity index (χ1) is 8.52. The molecule has 0 aliphatic carbocycles. The van der Waals surface area contributed by atoms with E-state index in [4.69, 9.17) is 5.73 Å². The van der Waals surface area contributed by atoms with Crippen LogP contribution in [0.1, 0.15) is 16.7 Å². The molecule has 2 rings (SSSR count). The molecule has 0 amide bonds. The summed E-state index contributed by atoms with van der Waals surface area (Å²) in [7, 11) is 0. The highest BCUT2D eigenvalue weighted by atomic mass is 19.1. The molecule has 0 fully saturated rings. The molecule has 2 aromatic carbocycles. The summed E-state index contributed by atoms with van der Waals surface area (Å²) in [6.07, 6.45) is 0.